The molecule has 9 heteroatoms. The maximum Gasteiger partial charge on any atom is 0.335 e. The van der Waals surface area contributed by atoms with E-state index in [2.05, 4.69) is 19.9 Å². The summed E-state index contributed by atoms with van der Waals surface area (Å²) >= 11 is 0. The number of cyclic esters (lactones) is 2. The fraction of sp³-hybridized carbons (Fsp3) is 0.667. The van der Waals surface area contributed by atoms with Gasteiger partial charge >= 0.3 is 17.9 Å². The topological polar surface area (TPSA) is 121 Å². The molecule has 1 saturated carbocycles. The molecule has 0 aromatic carbocycles. The van der Waals surface area contributed by atoms with Crippen molar-refractivity contribution in [2.24, 2.45) is 16.7 Å². The molecule has 1 unspecified atom stereocenters. The average Bonchev–Trinajstić information content (AvgIpc) is 3.62. The predicted molar refractivity (Wildman–Crippen MR) is 125 cm³/mol. The van der Waals surface area contributed by atoms with Gasteiger partial charge in [0.25, 0.3) is 0 Å². The minimum Gasteiger partial charge on any atom is -0.463 e. The summed E-state index contributed by atoms with van der Waals surface area (Å²) < 4.78 is 29.6. The smallest absolute Gasteiger partial charge is 0.335 e. The number of ether oxygens (including phenoxy) is 5. The summed E-state index contributed by atoms with van der Waals surface area (Å²) in [4.78, 5) is 37.6. The Bertz CT molecular complexity index is 1020. The van der Waals surface area contributed by atoms with E-state index in [4.69, 9.17) is 23.7 Å². The summed E-state index contributed by atoms with van der Waals surface area (Å²) in [5.41, 5.74) is -0.820. The van der Waals surface area contributed by atoms with Gasteiger partial charge in [-0.05, 0) is 32.1 Å². The number of aliphatic hydroxyl groups is 1. The van der Waals surface area contributed by atoms with Crippen molar-refractivity contribution in [2.45, 2.75) is 76.5 Å². The zero-order chi connectivity index (χ0) is 25.7. The average molecular weight is 503 g/mol. The van der Waals surface area contributed by atoms with Gasteiger partial charge in [0.15, 0.2) is 6.10 Å². The molecule has 2 spiro atoms. The lowest BCUT2D eigenvalue weighted by atomic mass is 9.51. The first-order valence-corrected chi connectivity index (χ1v) is 12.7. The molecule has 3 heterocycles. The number of esters is 3. The fourth-order valence-corrected chi connectivity index (χ4v) is 6.65. The summed E-state index contributed by atoms with van der Waals surface area (Å²) in [6.45, 7) is 6.34. The molecule has 36 heavy (non-hydrogen) atoms. The zero-order valence-electron chi connectivity index (χ0n) is 20.9. The van der Waals surface area contributed by atoms with Gasteiger partial charge in [-0.25, -0.2) is 14.4 Å². The Morgan fingerprint density at radius 3 is 2.47 bits per heavy atom. The van der Waals surface area contributed by atoms with Crippen molar-refractivity contribution >= 4 is 17.9 Å². The van der Waals surface area contributed by atoms with Gasteiger partial charge in [0.05, 0.1) is 30.8 Å². The van der Waals surface area contributed by atoms with E-state index in [0.29, 0.717) is 19.4 Å². The van der Waals surface area contributed by atoms with Crippen molar-refractivity contribution in [3.8, 4) is 0 Å². The van der Waals surface area contributed by atoms with Crippen LogP contribution in [-0.2, 0) is 38.1 Å². The Morgan fingerprint density at radius 2 is 1.75 bits per heavy atom. The van der Waals surface area contributed by atoms with Crippen LogP contribution in [-0.4, -0.2) is 72.9 Å². The second kappa shape index (κ2) is 9.11. The van der Waals surface area contributed by atoms with Gasteiger partial charge < -0.3 is 28.8 Å². The van der Waals surface area contributed by atoms with Crippen LogP contribution in [0.2, 0.25) is 0 Å². The van der Waals surface area contributed by atoms with Crippen LogP contribution in [0.4, 0.5) is 0 Å². The highest BCUT2D eigenvalue weighted by Gasteiger charge is 2.83. The Morgan fingerprint density at radius 1 is 1.03 bits per heavy atom. The first-order valence-electron chi connectivity index (χ1n) is 12.7. The number of allylic oxidation sites excluding steroid dienone is 3. The minimum absolute atomic E-state index is 0.00000344. The molecule has 0 aromatic rings. The van der Waals surface area contributed by atoms with Crippen LogP contribution in [0, 0.1) is 16.7 Å². The van der Waals surface area contributed by atoms with E-state index < -0.39 is 52.5 Å². The molecule has 5 aliphatic rings. The van der Waals surface area contributed by atoms with E-state index in [1.165, 1.54) is 29.9 Å². The lowest BCUT2D eigenvalue weighted by Crippen LogP contribution is -2.66. The highest BCUT2D eigenvalue weighted by Crippen LogP contribution is 2.72. The summed E-state index contributed by atoms with van der Waals surface area (Å²) in [5.74, 6) is -2.34. The molecule has 5 rings (SSSR count). The van der Waals surface area contributed by atoms with Gasteiger partial charge in [0.2, 0.25) is 0 Å². The van der Waals surface area contributed by atoms with Gasteiger partial charge in [-0.3, -0.25) is 0 Å². The van der Waals surface area contributed by atoms with Crippen LogP contribution in [0.25, 0.3) is 0 Å². The molecular weight excluding hydrogens is 468 g/mol. The molecule has 0 aromatic heterocycles. The third kappa shape index (κ3) is 3.83. The van der Waals surface area contributed by atoms with Crippen molar-refractivity contribution in [2.75, 3.05) is 19.8 Å². The Hall–Kier alpha value is -2.49. The third-order valence-electron chi connectivity index (χ3n) is 9.12. The Labute approximate surface area is 210 Å². The van der Waals surface area contributed by atoms with Gasteiger partial charge in [-0.1, -0.05) is 37.6 Å². The normalized spacial score (nSPS) is 46.8. The number of carbonyl (C=O) groups is 3. The second-order valence-electron chi connectivity index (χ2n) is 11.0. The molecular formula is C27H34O9. The zero-order valence-corrected chi connectivity index (χ0v) is 20.9. The maximum atomic E-state index is 12.9. The number of carbonyl (C=O) groups excluding carboxylic acids is 3. The predicted octanol–water partition coefficient (Wildman–Crippen LogP) is 2.17. The largest absolute Gasteiger partial charge is 0.463 e. The lowest BCUT2D eigenvalue weighted by Gasteiger charge is -2.58. The molecule has 9 nitrogen and oxygen atoms in total. The van der Waals surface area contributed by atoms with E-state index >= 15 is 0 Å². The first kappa shape index (κ1) is 25.2. The summed E-state index contributed by atoms with van der Waals surface area (Å²) in [6, 6.07) is 0. The summed E-state index contributed by atoms with van der Waals surface area (Å²) in [7, 11) is 0. The number of hydrogen-bond donors (Lipinski definition) is 1. The monoisotopic (exact) mass is 502 g/mol. The van der Waals surface area contributed by atoms with Crippen LogP contribution in [0.15, 0.2) is 36.0 Å². The first-order chi connectivity index (χ1) is 17.1. The standard InChI is InChI=1S/C27H34O9/c1-16-8-10-26-14-33-24(31)23(30)17(2)9-11-32-21(28)6-4-5-7-22(29)36-18-13-20(35-19(26)12-16)27(15-34-27)25(18,26)3/h4-7,12,17-20,23,30H,8-11,13-15H2,1-3H3/b6-4-,7-5-/t17-,18-,19-,20+,23?,25+,26-,27+/m1/s1. The van der Waals surface area contributed by atoms with Crippen LogP contribution in [0.3, 0.4) is 0 Å². The Kier molecular flexibility index (Phi) is 6.37. The van der Waals surface area contributed by atoms with Crippen molar-refractivity contribution < 1.29 is 43.2 Å². The summed E-state index contributed by atoms with van der Waals surface area (Å²) in [6.07, 6.45) is 7.11. The molecule has 1 N–H and O–H groups in total. The highest BCUT2D eigenvalue weighted by atomic mass is 16.6. The van der Waals surface area contributed by atoms with E-state index in [-0.39, 0.29) is 31.8 Å². The van der Waals surface area contributed by atoms with Crippen LogP contribution in [0.1, 0.15) is 46.5 Å². The van der Waals surface area contributed by atoms with E-state index in [1.807, 2.05) is 0 Å². The van der Waals surface area contributed by atoms with Gasteiger partial charge in [0, 0.05) is 24.0 Å². The SMILES string of the molecule is CC1=C[C@H]2O[C@H]3C[C@H]4OC(=O)/C=C\C=C/C(=O)OCC[C@@H](C)C(O)C(=O)OC[C@@]2(CC1)[C@@]4(C)[C@]31CO1. The molecule has 3 fully saturated rings. The third-order valence-corrected chi connectivity index (χ3v) is 9.12. The van der Waals surface area contributed by atoms with Crippen molar-refractivity contribution in [3.05, 3.63) is 36.0 Å². The van der Waals surface area contributed by atoms with Crippen molar-refractivity contribution in [1.82, 2.24) is 0 Å². The van der Waals surface area contributed by atoms with Gasteiger partial charge in [0.1, 0.15) is 18.3 Å². The number of rotatable bonds is 0. The lowest BCUT2D eigenvalue weighted by molar-refractivity contribution is -0.234. The van der Waals surface area contributed by atoms with Crippen LogP contribution >= 0.6 is 0 Å². The van der Waals surface area contributed by atoms with Crippen molar-refractivity contribution in [3.63, 3.8) is 0 Å². The van der Waals surface area contributed by atoms with Gasteiger partial charge in [-0.2, -0.15) is 0 Å². The number of hydrogen-bond acceptors (Lipinski definition) is 9. The van der Waals surface area contributed by atoms with Crippen LogP contribution in [0.5, 0.6) is 0 Å². The summed E-state index contributed by atoms with van der Waals surface area (Å²) in [5, 5.41) is 10.6. The fourth-order valence-electron chi connectivity index (χ4n) is 6.65. The number of epoxide rings is 1. The molecule has 2 bridgehead atoms. The van der Waals surface area contributed by atoms with E-state index in [1.54, 1.807) is 6.92 Å². The van der Waals surface area contributed by atoms with Crippen LogP contribution < -0.4 is 0 Å². The second-order valence-corrected chi connectivity index (χ2v) is 11.0. The molecule has 196 valence electrons. The molecule has 8 atom stereocenters. The molecule has 2 saturated heterocycles. The maximum absolute atomic E-state index is 12.9. The number of aliphatic hydroxyl groups excluding tert-OH is 1. The Balaban J connectivity index is 1.52. The quantitative estimate of drug-likeness (QED) is 0.230. The van der Waals surface area contributed by atoms with E-state index in [0.717, 1.165) is 6.42 Å². The molecule has 0 radical (unpaired) electrons. The van der Waals surface area contributed by atoms with E-state index in [9.17, 15) is 19.5 Å². The highest BCUT2D eigenvalue weighted by molar-refractivity contribution is 5.84. The molecule has 3 aliphatic heterocycles. The molecule has 2 aliphatic carbocycles. The molecule has 0 amide bonds. The minimum atomic E-state index is -1.37. The van der Waals surface area contributed by atoms with Crippen molar-refractivity contribution in [1.29, 1.82) is 0 Å². The van der Waals surface area contributed by atoms with Gasteiger partial charge in [-0.15, -0.1) is 0 Å².